The van der Waals surface area contributed by atoms with Crippen molar-refractivity contribution in [1.82, 2.24) is 4.90 Å². The van der Waals surface area contributed by atoms with Crippen molar-refractivity contribution in [3.8, 4) is 11.5 Å². The number of fused-ring (bicyclic) bond motifs is 6. The fraction of sp³-hybridized carbons (Fsp3) is 0.500. The normalized spacial score (nSPS) is 22.6. The lowest BCUT2D eigenvalue weighted by Gasteiger charge is -2.47. The van der Waals surface area contributed by atoms with Gasteiger partial charge in [-0.1, -0.05) is 27.0 Å². The van der Waals surface area contributed by atoms with Crippen LogP contribution in [0.4, 0.5) is 4.39 Å². The van der Waals surface area contributed by atoms with Crippen molar-refractivity contribution in [2.45, 2.75) is 52.0 Å². The molecule has 4 rings (SSSR count). The highest BCUT2D eigenvalue weighted by atomic mass is 19.1. The fourth-order valence-electron chi connectivity index (χ4n) is 5.64. The number of hydrogen-bond donors (Lipinski definition) is 0. The van der Waals surface area contributed by atoms with E-state index in [1.165, 1.54) is 0 Å². The van der Waals surface area contributed by atoms with Crippen LogP contribution in [0, 0.1) is 5.41 Å². The summed E-state index contributed by atoms with van der Waals surface area (Å²) in [5.41, 5.74) is 3.36. The lowest BCUT2D eigenvalue weighted by molar-refractivity contribution is 0.170. The first-order valence-corrected chi connectivity index (χ1v) is 12.0. The minimum absolute atomic E-state index is 0.0134. The molecule has 0 aromatic heterocycles. The molecule has 1 aromatic rings. The van der Waals surface area contributed by atoms with E-state index in [0.29, 0.717) is 53.9 Å². The average Bonchev–Trinajstić information content (AvgIpc) is 3.13. The minimum atomic E-state index is -0.350. The molecule has 5 nitrogen and oxygen atoms in total. The first-order valence-electron chi connectivity index (χ1n) is 12.0. The van der Waals surface area contributed by atoms with Crippen LogP contribution in [0.25, 0.3) is 5.70 Å². The zero-order chi connectivity index (χ0) is 24.6. The number of allylic oxidation sites excluding steroid dienone is 2. The van der Waals surface area contributed by atoms with Gasteiger partial charge in [0.05, 0.1) is 26.0 Å². The standard InChI is InChI=1S/C28H36FNO4/c1-8-33-18(3)22-16-30-26(25(29)17(22)2)21-15-23(32-7)24(34-13-9-12-31-6)14-20(21)19-10-11-28(4,5)27(19)30/h14-16,19,27H,2-3,8-13H2,1,4-7H3/t19-,27+/m0/s1. The Labute approximate surface area is 202 Å². The largest absolute Gasteiger partial charge is 0.494 e. The average molecular weight is 470 g/mol. The van der Waals surface area contributed by atoms with Crippen LogP contribution in [0.15, 0.2) is 54.2 Å². The van der Waals surface area contributed by atoms with Crippen LogP contribution in [-0.2, 0) is 9.47 Å². The summed E-state index contributed by atoms with van der Waals surface area (Å²) in [4.78, 5) is 2.10. The number of hydrogen-bond acceptors (Lipinski definition) is 5. The first-order chi connectivity index (χ1) is 16.2. The number of ether oxygens (including phenoxy) is 4. The van der Waals surface area contributed by atoms with E-state index < -0.39 is 0 Å². The van der Waals surface area contributed by atoms with Gasteiger partial charge < -0.3 is 23.8 Å². The predicted molar refractivity (Wildman–Crippen MR) is 132 cm³/mol. The van der Waals surface area contributed by atoms with Crippen molar-refractivity contribution in [2.75, 3.05) is 34.0 Å². The second-order valence-electron chi connectivity index (χ2n) is 9.81. The molecule has 1 fully saturated rings. The Morgan fingerprint density at radius 2 is 1.97 bits per heavy atom. The van der Waals surface area contributed by atoms with E-state index in [9.17, 15) is 0 Å². The molecule has 2 atom stereocenters. The van der Waals surface area contributed by atoms with Crippen LogP contribution in [-0.4, -0.2) is 45.0 Å². The summed E-state index contributed by atoms with van der Waals surface area (Å²) in [6.07, 6.45) is 4.82. The molecule has 1 saturated carbocycles. The van der Waals surface area contributed by atoms with E-state index in [1.54, 1.807) is 14.2 Å². The Balaban J connectivity index is 1.85. The molecule has 0 N–H and O–H groups in total. The van der Waals surface area contributed by atoms with Gasteiger partial charge in [-0.25, -0.2) is 4.39 Å². The molecule has 0 radical (unpaired) electrons. The monoisotopic (exact) mass is 469 g/mol. The van der Waals surface area contributed by atoms with Gasteiger partial charge in [0.25, 0.3) is 0 Å². The number of rotatable bonds is 9. The predicted octanol–water partition coefficient (Wildman–Crippen LogP) is 6.34. The van der Waals surface area contributed by atoms with Crippen molar-refractivity contribution >= 4 is 5.70 Å². The van der Waals surface area contributed by atoms with E-state index in [0.717, 1.165) is 30.4 Å². The van der Waals surface area contributed by atoms with Gasteiger partial charge in [-0.3, -0.25) is 0 Å². The van der Waals surface area contributed by atoms with Crippen LogP contribution in [0.2, 0.25) is 0 Å². The molecule has 6 heteroatoms. The van der Waals surface area contributed by atoms with E-state index in [1.807, 2.05) is 19.2 Å². The summed E-state index contributed by atoms with van der Waals surface area (Å²) < 4.78 is 38.6. The molecule has 0 saturated heterocycles. The minimum Gasteiger partial charge on any atom is -0.494 e. The topological polar surface area (TPSA) is 40.2 Å². The van der Waals surface area contributed by atoms with Gasteiger partial charge in [0.1, 0.15) is 5.76 Å². The third kappa shape index (κ3) is 4.02. The summed E-state index contributed by atoms with van der Waals surface area (Å²) in [6.45, 7) is 16.1. The maximum Gasteiger partial charge on any atom is 0.161 e. The molecule has 34 heavy (non-hydrogen) atoms. The highest BCUT2D eigenvalue weighted by molar-refractivity contribution is 5.81. The molecule has 1 aliphatic carbocycles. The highest BCUT2D eigenvalue weighted by Gasteiger charge is 2.52. The Hall–Kier alpha value is -2.73. The van der Waals surface area contributed by atoms with Crippen LogP contribution in [0.5, 0.6) is 11.5 Å². The molecule has 2 aliphatic heterocycles. The smallest absolute Gasteiger partial charge is 0.161 e. The molecule has 3 aliphatic rings. The van der Waals surface area contributed by atoms with Crippen molar-refractivity contribution in [2.24, 2.45) is 5.41 Å². The molecule has 0 amide bonds. The van der Waals surface area contributed by atoms with Gasteiger partial charge in [0, 0.05) is 55.0 Å². The van der Waals surface area contributed by atoms with Crippen molar-refractivity contribution in [3.05, 3.63) is 65.3 Å². The lowest BCUT2D eigenvalue weighted by Crippen LogP contribution is -2.45. The molecular formula is C28H36FNO4. The van der Waals surface area contributed by atoms with Crippen molar-refractivity contribution < 1.29 is 23.3 Å². The number of benzene rings is 1. The van der Waals surface area contributed by atoms with Gasteiger partial charge in [0.2, 0.25) is 0 Å². The maximum atomic E-state index is 16.1. The molecular weight excluding hydrogens is 433 g/mol. The number of nitrogens with zero attached hydrogens (tertiary/aromatic N) is 1. The van der Waals surface area contributed by atoms with Gasteiger partial charge in [-0.15, -0.1) is 0 Å². The molecule has 1 aromatic carbocycles. The second kappa shape index (κ2) is 9.49. The van der Waals surface area contributed by atoms with Gasteiger partial charge in [0.15, 0.2) is 17.3 Å². The van der Waals surface area contributed by atoms with Crippen LogP contribution in [0.1, 0.15) is 57.1 Å². The third-order valence-electron chi connectivity index (χ3n) is 7.27. The summed E-state index contributed by atoms with van der Waals surface area (Å²) in [7, 11) is 3.29. The van der Waals surface area contributed by atoms with Gasteiger partial charge in [-0.05, 0) is 42.9 Å². The van der Waals surface area contributed by atoms with E-state index in [-0.39, 0.29) is 23.2 Å². The third-order valence-corrected chi connectivity index (χ3v) is 7.27. The molecule has 0 unspecified atom stereocenters. The SMILES string of the molecule is C=C(OCC)C1=CN2C(=C(F)C1=C)c1cc(OC)c(OCCCOC)cc1[C@@H]1CCC(C)(C)[C@@H]12. The Bertz CT molecular complexity index is 1050. The fourth-order valence-corrected chi connectivity index (χ4v) is 5.64. The molecule has 0 spiro atoms. The van der Waals surface area contributed by atoms with E-state index in [2.05, 4.69) is 38.0 Å². The first kappa shape index (κ1) is 24.4. The van der Waals surface area contributed by atoms with Gasteiger partial charge in [-0.2, -0.15) is 0 Å². The Morgan fingerprint density at radius 1 is 1.21 bits per heavy atom. The zero-order valence-corrected chi connectivity index (χ0v) is 21.0. The van der Waals surface area contributed by atoms with E-state index >= 15 is 4.39 Å². The summed E-state index contributed by atoms with van der Waals surface area (Å²) in [5, 5.41) is 0. The van der Waals surface area contributed by atoms with Crippen LogP contribution < -0.4 is 9.47 Å². The van der Waals surface area contributed by atoms with E-state index in [4.69, 9.17) is 18.9 Å². The Kier molecular flexibility index (Phi) is 6.81. The Morgan fingerprint density at radius 3 is 2.65 bits per heavy atom. The molecule has 0 bridgehead atoms. The van der Waals surface area contributed by atoms with Gasteiger partial charge >= 0.3 is 0 Å². The van der Waals surface area contributed by atoms with Crippen LogP contribution in [0.3, 0.4) is 0 Å². The zero-order valence-electron chi connectivity index (χ0n) is 21.0. The highest BCUT2D eigenvalue weighted by Crippen LogP contribution is 2.58. The molecule has 2 heterocycles. The lowest BCUT2D eigenvalue weighted by atomic mass is 9.75. The summed E-state index contributed by atoms with van der Waals surface area (Å²) >= 11 is 0. The second-order valence-corrected chi connectivity index (χ2v) is 9.81. The summed E-state index contributed by atoms with van der Waals surface area (Å²) in [5.74, 6) is 1.60. The van der Waals surface area contributed by atoms with Crippen LogP contribution >= 0.6 is 0 Å². The number of halogens is 1. The van der Waals surface area contributed by atoms with Crippen molar-refractivity contribution in [1.29, 1.82) is 0 Å². The maximum absolute atomic E-state index is 16.1. The van der Waals surface area contributed by atoms with Crippen molar-refractivity contribution in [3.63, 3.8) is 0 Å². The summed E-state index contributed by atoms with van der Waals surface area (Å²) in [6, 6.07) is 4.06. The molecule has 184 valence electrons. The number of methoxy groups -OCH3 is 2. The quantitative estimate of drug-likeness (QED) is 0.312.